The fourth-order valence-corrected chi connectivity index (χ4v) is 3.48. The van der Waals surface area contributed by atoms with Crippen LogP contribution in [0.25, 0.3) is 0 Å². The zero-order chi connectivity index (χ0) is 12.4. The molecule has 0 bridgehead atoms. The van der Waals surface area contributed by atoms with Crippen molar-refractivity contribution in [1.29, 1.82) is 0 Å². The molecule has 96 valence electrons. The van der Waals surface area contributed by atoms with E-state index in [1.54, 1.807) is 0 Å². The maximum absolute atomic E-state index is 11.5. The summed E-state index contributed by atoms with van der Waals surface area (Å²) in [6.07, 6.45) is 4.00. The number of hydrogen-bond acceptors (Lipinski definition) is 2. The van der Waals surface area contributed by atoms with Gasteiger partial charge in [-0.1, -0.05) is 30.3 Å². The lowest BCUT2D eigenvalue weighted by atomic mass is 9.74. The molecule has 1 aromatic carbocycles. The van der Waals surface area contributed by atoms with E-state index in [4.69, 9.17) is 0 Å². The number of nitrogens with zero attached hydrogens (tertiary/aromatic N) is 1. The van der Waals surface area contributed by atoms with Gasteiger partial charge in [0, 0.05) is 25.9 Å². The van der Waals surface area contributed by atoms with E-state index < -0.39 is 0 Å². The number of benzene rings is 1. The summed E-state index contributed by atoms with van der Waals surface area (Å²) in [6.45, 7) is 3.41. The number of Topliss-reactive ketones (excluding diaryl/α,β-unsaturated/α-hetero) is 1. The Morgan fingerprint density at radius 2 is 1.94 bits per heavy atom. The molecule has 2 atom stereocenters. The van der Waals surface area contributed by atoms with Gasteiger partial charge < -0.3 is 0 Å². The molecule has 0 amide bonds. The van der Waals surface area contributed by atoms with Crippen molar-refractivity contribution in [3.63, 3.8) is 0 Å². The second-order valence-electron chi connectivity index (χ2n) is 5.81. The highest BCUT2D eigenvalue weighted by atomic mass is 16.1. The Morgan fingerprint density at radius 1 is 1.11 bits per heavy atom. The molecule has 3 rings (SSSR count). The molecule has 0 aromatic heterocycles. The molecule has 2 aliphatic rings. The van der Waals surface area contributed by atoms with Crippen LogP contribution in [0.2, 0.25) is 0 Å². The van der Waals surface area contributed by atoms with Crippen LogP contribution in [-0.2, 0) is 11.3 Å². The second kappa shape index (κ2) is 5.23. The highest BCUT2D eigenvalue weighted by Crippen LogP contribution is 2.34. The second-order valence-corrected chi connectivity index (χ2v) is 5.81. The van der Waals surface area contributed by atoms with E-state index in [9.17, 15) is 4.79 Å². The third-order valence-corrected chi connectivity index (χ3v) is 4.51. The number of carbonyl (C=O) groups is 1. The van der Waals surface area contributed by atoms with Gasteiger partial charge in [0.05, 0.1) is 0 Å². The molecule has 0 radical (unpaired) electrons. The van der Waals surface area contributed by atoms with Crippen LogP contribution in [0.4, 0.5) is 0 Å². The van der Waals surface area contributed by atoms with E-state index in [1.807, 2.05) is 0 Å². The van der Waals surface area contributed by atoms with Crippen molar-refractivity contribution in [2.75, 3.05) is 13.1 Å². The molecular weight excluding hydrogens is 222 g/mol. The number of ketones is 1. The first-order chi connectivity index (χ1) is 8.81. The number of likely N-dealkylation sites (tertiary alicyclic amines) is 1. The Labute approximate surface area is 109 Å². The maximum Gasteiger partial charge on any atom is 0.133 e. The highest BCUT2D eigenvalue weighted by Gasteiger charge is 2.33. The summed E-state index contributed by atoms with van der Waals surface area (Å²) in [5.74, 6) is 1.94. The molecule has 2 fully saturated rings. The zero-order valence-corrected chi connectivity index (χ0v) is 10.8. The van der Waals surface area contributed by atoms with Crippen molar-refractivity contribution in [1.82, 2.24) is 4.90 Å². The Kier molecular flexibility index (Phi) is 3.46. The largest absolute Gasteiger partial charge is 0.300 e. The van der Waals surface area contributed by atoms with E-state index in [0.717, 1.165) is 38.3 Å². The van der Waals surface area contributed by atoms with Crippen LogP contribution < -0.4 is 0 Å². The molecule has 2 heteroatoms. The Hall–Kier alpha value is -1.15. The molecule has 0 spiro atoms. The quantitative estimate of drug-likeness (QED) is 0.796. The first-order valence-corrected chi connectivity index (χ1v) is 7.09. The summed E-state index contributed by atoms with van der Waals surface area (Å²) in [4.78, 5) is 14.0. The first-order valence-electron chi connectivity index (χ1n) is 7.09. The van der Waals surface area contributed by atoms with Gasteiger partial charge in [-0.05, 0) is 36.8 Å². The van der Waals surface area contributed by atoms with Crippen LogP contribution in [0.1, 0.15) is 31.2 Å². The lowest BCUT2D eigenvalue weighted by Gasteiger charge is -2.40. The smallest absolute Gasteiger partial charge is 0.133 e. The standard InChI is InChI=1S/C16H21NO/c18-16-7-6-15-12-17(9-8-14(15)10-16)11-13-4-2-1-3-5-13/h1-5,14-15H,6-12H2/t14-,15-/m0/s1. The van der Waals surface area contributed by atoms with Crippen LogP contribution in [0.5, 0.6) is 0 Å². The molecule has 0 unspecified atom stereocenters. The average molecular weight is 243 g/mol. The van der Waals surface area contributed by atoms with Crippen molar-refractivity contribution in [3.8, 4) is 0 Å². The van der Waals surface area contributed by atoms with Gasteiger partial charge in [-0.15, -0.1) is 0 Å². The van der Waals surface area contributed by atoms with Crippen molar-refractivity contribution in [3.05, 3.63) is 35.9 Å². The predicted molar refractivity (Wildman–Crippen MR) is 72.2 cm³/mol. The Balaban J connectivity index is 1.59. The first kappa shape index (κ1) is 11.9. The lowest BCUT2D eigenvalue weighted by Crippen LogP contribution is -2.42. The number of fused-ring (bicyclic) bond motifs is 1. The summed E-state index contributed by atoms with van der Waals surface area (Å²) in [6, 6.07) is 10.7. The van der Waals surface area contributed by atoms with Gasteiger partial charge in [-0.3, -0.25) is 9.69 Å². The summed E-state index contributed by atoms with van der Waals surface area (Å²) >= 11 is 0. The molecule has 1 aromatic rings. The van der Waals surface area contributed by atoms with Gasteiger partial charge in [0.2, 0.25) is 0 Å². The van der Waals surface area contributed by atoms with E-state index in [-0.39, 0.29) is 0 Å². The van der Waals surface area contributed by atoms with Gasteiger partial charge >= 0.3 is 0 Å². The van der Waals surface area contributed by atoms with Crippen LogP contribution >= 0.6 is 0 Å². The van der Waals surface area contributed by atoms with Crippen LogP contribution in [0.3, 0.4) is 0 Å². The molecule has 1 aliphatic carbocycles. The molecule has 1 saturated heterocycles. The minimum absolute atomic E-state index is 0.493. The normalized spacial score (nSPS) is 29.0. The molecule has 2 nitrogen and oxygen atoms in total. The summed E-state index contributed by atoms with van der Waals surface area (Å²) in [5.41, 5.74) is 1.41. The lowest BCUT2D eigenvalue weighted by molar-refractivity contribution is -0.123. The van der Waals surface area contributed by atoms with E-state index in [0.29, 0.717) is 11.7 Å². The van der Waals surface area contributed by atoms with Gasteiger partial charge in [0.15, 0.2) is 0 Å². The van der Waals surface area contributed by atoms with Crippen LogP contribution in [-0.4, -0.2) is 23.8 Å². The fourth-order valence-electron chi connectivity index (χ4n) is 3.48. The Bertz CT molecular complexity index is 414. The van der Waals surface area contributed by atoms with Crippen molar-refractivity contribution in [2.45, 2.75) is 32.2 Å². The molecular formula is C16H21NO. The zero-order valence-electron chi connectivity index (χ0n) is 10.8. The Morgan fingerprint density at radius 3 is 2.78 bits per heavy atom. The minimum atomic E-state index is 0.493. The fraction of sp³-hybridized carbons (Fsp3) is 0.562. The van der Waals surface area contributed by atoms with Crippen molar-refractivity contribution < 1.29 is 4.79 Å². The number of carbonyl (C=O) groups excluding carboxylic acids is 1. The summed E-state index contributed by atoms with van der Waals surface area (Å²) < 4.78 is 0. The number of hydrogen-bond donors (Lipinski definition) is 0. The van der Waals surface area contributed by atoms with Crippen molar-refractivity contribution in [2.24, 2.45) is 11.8 Å². The van der Waals surface area contributed by atoms with E-state index in [1.165, 1.54) is 18.5 Å². The molecule has 1 heterocycles. The van der Waals surface area contributed by atoms with Gasteiger partial charge in [0.25, 0.3) is 0 Å². The molecule has 18 heavy (non-hydrogen) atoms. The van der Waals surface area contributed by atoms with E-state index in [2.05, 4.69) is 35.2 Å². The third kappa shape index (κ3) is 2.64. The van der Waals surface area contributed by atoms with E-state index >= 15 is 0 Å². The molecule has 1 saturated carbocycles. The van der Waals surface area contributed by atoms with Gasteiger partial charge in [-0.2, -0.15) is 0 Å². The maximum atomic E-state index is 11.5. The SMILES string of the molecule is O=C1CC[C@H]2CN(Cc3ccccc3)CC[C@H]2C1. The third-order valence-electron chi connectivity index (χ3n) is 4.51. The monoisotopic (exact) mass is 243 g/mol. The average Bonchev–Trinajstić information content (AvgIpc) is 2.40. The number of piperidine rings is 1. The van der Waals surface area contributed by atoms with Crippen LogP contribution in [0.15, 0.2) is 30.3 Å². The van der Waals surface area contributed by atoms with Crippen LogP contribution in [0, 0.1) is 11.8 Å². The van der Waals surface area contributed by atoms with Gasteiger partial charge in [0.1, 0.15) is 5.78 Å². The predicted octanol–water partition coefficient (Wildman–Crippen LogP) is 2.88. The molecule has 0 N–H and O–H groups in total. The molecule has 1 aliphatic heterocycles. The summed E-state index contributed by atoms with van der Waals surface area (Å²) in [5, 5.41) is 0. The minimum Gasteiger partial charge on any atom is -0.300 e. The topological polar surface area (TPSA) is 20.3 Å². The van der Waals surface area contributed by atoms with Crippen molar-refractivity contribution >= 4 is 5.78 Å². The highest BCUT2D eigenvalue weighted by molar-refractivity contribution is 5.79. The number of rotatable bonds is 2. The van der Waals surface area contributed by atoms with Gasteiger partial charge in [-0.25, -0.2) is 0 Å². The summed E-state index contributed by atoms with van der Waals surface area (Å²) in [7, 11) is 0.